The maximum Gasteiger partial charge on any atom is 0.417 e. The molecule has 0 aromatic heterocycles. The Hall–Kier alpha value is -3.51. The summed E-state index contributed by atoms with van der Waals surface area (Å²) in [6, 6.07) is 22.8. The van der Waals surface area contributed by atoms with E-state index in [1.165, 1.54) is 0 Å². The van der Waals surface area contributed by atoms with Gasteiger partial charge in [-0.25, -0.2) is 9.59 Å². The van der Waals surface area contributed by atoms with Gasteiger partial charge in [0.15, 0.2) is 0 Å². The molecule has 3 aromatic rings. The van der Waals surface area contributed by atoms with E-state index in [0.29, 0.717) is 22.2 Å². The molecule has 0 radical (unpaired) electrons. The first-order chi connectivity index (χ1) is 13.4. The second kappa shape index (κ2) is 10.6. The van der Waals surface area contributed by atoms with Crippen LogP contribution in [-0.2, 0) is 0 Å². The van der Waals surface area contributed by atoms with Crippen molar-refractivity contribution in [1.29, 1.82) is 0 Å². The Bertz CT molecular complexity index is 918. The van der Waals surface area contributed by atoms with E-state index in [-0.39, 0.29) is 0 Å². The molecule has 0 bridgehead atoms. The Kier molecular flexibility index (Phi) is 7.87. The molecule has 0 saturated carbocycles. The van der Waals surface area contributed by atoms with Gasteiger partial charge in [-0.15, -0.1) is 0 Å². The smallest absolute Gasteiger partial charge is 0.411 e. The number of hydrogen-bond donors (Lipinski definition) is 2. The van der Waals surface area contributed by atoms with Gasteiger partial charge in [-0.2, -0.15) is 0 Å². The number of primary amides is 1. The molecule has 6 nitrogen and oxygen atoms in total. The summed E-state index contributed by atoms with van der Waals surface area (Å²) in [5.74, 6) is 0.968. The number of nitrogens with two attached hydrogens (primary N) is 1. The molecule has 7 heteroatoms. The molecule has 0 atom stereocenters. The van der Waals surface area contributed by atoms with E-state index >= 15 is 0 Å². The second-order valence-corrected chi connectivity index (χ2v) is 5.93. The Morgan fingerprint density at radius 2 is 1.39 bits per heavy atom. The average molecular weight is 399 g/mol. The van der Waals surface area contributed by atoms with Gasteiger partial charge in [-0.05, 0) is 55.0 Å². The van der Waals surface area contributed by atoms with Crippen LogP contribution in [0.5, 0.6) is 11.5 Å². The Morgan fingerprint density at radius 1 is 0.857 bits per heavy atom. The van der Waals surface area contributed by atoms with Crippen LogP contribution in [-0.4, -0.2) is 12.2 Å². The summed E-state index contributed by atoms with van der Waals surface area (Å²) in [4.78, 5) is 21.8. The van der Waals surface area contributed by atoms with Crippen molar-refractivity contribution in [3.8, 4) is 11.5 Å². The molecular weight excluding hydrogens is 380 g/mol. The van der Waals surface area contributed by atoms with Gasteiger partial charge in [0, 0.05) is 10.7 Å². The number of halogens is 1. The third-order valence-corrected chi connectivity index (χ3v) is 3.74. The van der Waals surface area contributed by atoms with Crippen LogP contribution in [0.4, 0.5) is 15.3 Å². The van der Waals surface area contributed by atoms with Crippen molar-refractivity contribution < 1.29 is 19.1 Å². The summed E-state index contributed by atoms with van der Waals surface area (Å²) >= 11 is 5.90. The number of aryl methyl sites for hydroxylation is 1. The van der Waals surface area contributed by atoms with Crippen molar-refractivity contribution in [3.63, 3.8) is 0 Å². The maximum atomic E-state index is 11.6. The van der Waals surface area contributed by atoms with Crippen LogP contribution >= 0.6 is 11.6 Å². The summed E-state index contributed by atoms with van der Waals surface area (Å²) in [5.41, 5.74) is 6.31. The number of ether oxygens (including phenoxy) is 2. The monoisotopic (exact) mass is 398 g/mol. The Balaban J connectivity index is 0.000000237. The largest absolute Gasteiger partial charge is 0.417 e. The van der Waals surface area contributed by atoms with Gasteiger partial charge in [-0.1, -0.05) is 48.0 Å². The predicted molar refractivity (Wildman–Crippen MR) is 109 cm³/mol. The summed E-state index contributed by atoms with van der Waals surface area (Å²) in [6.07, 6.45) is -1.31. The summed E-state index contributed by atoms with van der Waals surface area (Å²) in [7, 11) is 0. The molecule has 0 aliphatic heterocycles. The predicted octanol–water partition coefficient (Wildman–Crippen LogP) is 5.40. The lowest BCUT2D eigenvalue weighted by molar-refractivity contribution is 0.210. The molecule has 0 heterocycles. The molecule has 3 N–H and O–H groups in total. The number of amides is 2. The lowest BCUT2D eigenvalue weighted by atomic mass is 10.2. The fourth-order valence-corrected chi connectivity index (χ4v) is 2.18. The molecule has 3 aromatic carbocycles. The first-order valence-electron chi connectivity index (χ1n) is 8.26. The molecule has 0 fully saturated rings. The molecule has 0 aliphatic carbocycles. The van der Waals surface area contributed by atoms with Gasteiger partial charge in [0.25, 0.3) is 0 Å². The highest BCUT2D eigenvalue weighted by molar-refractivity contribution is 6.31. The molecule has 3 rings (SSSR count). The molecule has 0 saturated heterocycles. The SMILES string of the molecule is Cc1cc(NC(=O)Oc2ccccc2)ccc1Cl.NC(=O)Oc1ccccc1. The fourth-order valence-electron chi connectivity index (χ4n) is 2.07. The molecule has 144 valence electrons. The summed E-state index contributed by atoms with van der Waals surface area (Å²) in [5, 5.41) is 3.30. The highest BCUT2D eigenvalue weighted by Crippen LogP contribution is 2.19. The normalized spacial score (nSPS) is 9.50. The van der Waals surface area contributed by atoms with Crippen molar-refractivity contribution in [2.24, 2.45) is 5.73 Å². The highest BCUT2D eigenvalue weighted by atomic mass is 35.5. The van der Waals surface area contributed by atoms with Crippen molar-refractivity contribution in [2.75, 3.05) is 5.32 Å². The van der Waals surface area contributed by atoms with E-state index in [1.54, 1.807) is 66.7 Å². The number of nitrogens with one attached hydrogen (secondary N) is 1. The van der Waals surface area contributed by atoms with Crippen LogP contribution in [0.1, 0.15) is 5.56 Å². The Morgan fingerprint density at radius 3 is 1.89 bits per heavy atom. The van der Waals surface area contributed by atoms with Crippen LogP contribution in [0.2, 0.25) is 5.02 Å². The molecular formula is C21H19ClN2O4. The zero-order valence-electron chi connectivity index (χ0n) is 15.1. The van der Waals surface area contributed by atoms with Crippen LogP contribution in [0.3, 0.4) is 0 Å². The van der Waals surface area contributed by atoms with Crippen molar-refractivity contribution in [2.45, 2.75) is 6.92 Å². The summed E-state index contributed by atoms with van der Waals surface area (Å²) in [6.45, 7) is 1.87. The topological polar surface area (TPSA) is 90.6 Å². The standard InChI is InChI=1S/C14H12ClNO2.C7H7NO2/c1-10-9-11(7-8-13(10)15)16-14(17)18-12-5-3-2-4-6-12;8-7(9)10-6-4-2-1-3-5-6/h2-9H,1H3,(H,16,17);1-5H,(H2,8,9). The lowest BCUT2D eigenvalue weighted by Crippen LogP contribution is -2.16. The maximum absolute atomic E-state index is 11.6. The number of rotatable bonds is 3. The molecule has 0 aliphatic rings. The van der Waals surface area contributed by atoms with E-state index in [0.717, 1.165) is 5.56 Å². The van der Waals surface area contributed by atoms with Gasteiger partial charge in [0.1, 0.15) is 11.5 Å². The number of anilines is 1. The molecule has 2 amide bonds. The van der Waals surface area contributed by atoms with E-state index in [9.17, 15) is 9.59 Å². The number of carbonyl (C=O) groups excluding carboxylic acids is 2. The van der Waals surface area contributed by atoms with E-state index < -0.39 is 12.2 Å². The van der Waals surface area contributed by atoms with Crippen LogP contribution in [0, 0.1) is 6.92 Å². The molecule has 0 unspecified atom stereocenters. The zero-order chi connectivity index (χ0) is 20.4. The highest BCUT2D eigenvalue weighted by Gasteiger charge is 2.05. The van der Waals surface area contributed by atoms with Gasteiger partial charge in [0.2, 0.25) is 0 Å². The minimum atomic E-state index is -0.786. The third-order valence-electron chi connectivity index (χ3n) is 3.32. The van der Waals surface area contributed by atoms with Gasteiger partial charge in [0.05, 0.1) is 0 Å². The molecule has 0 spiro atoms. The fraction of sp³-hybridized carbons (Fsp3) is 0.0476. The first-order valence-corrected chi connectivity index (χ1v) is 8.64. The number of carbonyl (C=O) groups is 2. The van der Waals surface area contributed by atoms with Crippen molar-refractivity contribution in [1.82, 2.24) is 0 Å². The Labute approximate surface area is 167 Å². The van der Waals surface area contributed by atoms with Crippen LogP contribution in [0.15, 0.2) is 78.9 Å². The van der Waals surface area contributed by atoms with Crippen molar-refractivity contribution in [3.05, 3.63) is 89.4 Å². The van der Waals surface area contributed by atoms with Crippen molar-refractivity contribution >= 4 is 29.5 Å². The number of hydrogen-bond acceptors (Lipinski definition) is 4. The van der Waals surface area contributed by atoms with E-state index in [2.05, 4.69) is 10.1 Å². The number of para-hydroxylation sites is 2. The van der Waals surface area contributed by atoms with Crippen LogP contribution < -0.4 is 20.5 Å². The van der Waals surface area contributed by atoms with Gasteiger partial charge in [-0.3, -0.25) is 5.32 Å². The van der Waals surface area contributed by atoms with Crippen LogP contribution in [0.25, 0.3) is 0 Å². The van der Waals surface area contributed by atoms with Gasteiger partial charge >= 0.3 is 12.2 Å². The number of benzene rings is 3. The lowest BCUT2D eigenvalue weighted by Gasteiger charge is -2.07. The minimum Gasteiger partial charge on any atom is -0.411 e. The summed E-state index contributed by atoms with van der Waals surface area (Å²) < 4.78 is 9.66. The van der Waals surface area contributed by atoms with Gasteiger partial charge < -0.3 is 15.2 Å². The van der Waals surface area contributed by atoms with E-state index in [4.69, 9.17) is 22.1 Å². The third kappa shape index (κ3) is 7.39. The minimum absolute atomic E-state index is 0.468. The molecule has 28 heavy (non-hydrogen) atoms. The quantitative estimate of drug-likeness (QED) is 0.617. The zero-order valence-corrected chi connectivity index (χ0v) is 15.8. The average Bonchev–Trinajstić information content (AvgIpc) is 2.66. The first kappa shape index (κ1) is 20.8. The van der Waals surface area contributed by atoms with E-state index in [1.807, 2.05) is 19.1 Å². The second-order valence-electron chi connectivity index (χ2n) is 5.53.